The van der Waals surface area contributed by atoms with Crippen molar-refractivity contribution in [2.75, 3.05) is 0 Å². The van der Waals surface area contributed by atoms with Crippen molar-refractivity contribution in [1.82, 2.24) is 0 Å². The van der Waals surface area contributed by atoms with Crippen molar-refractivity contribution in [3.05, 3.63) is 30.3 Å². The molecule has 0 bridgehead atoms. The Kier molecular flexibility index (Phi) is 3.27. The normalized spacial score (nSPS) is 8.64. The summed E-state index contributed by atoms with van der Waals surface area (Å²) in [6, 6.07) is 12.2. The molecular formula is C9H9BN. The fourth-order valence-corrected chi connectivity index (χ4v) is 0.893. The lowest BCUT2D eigenvalue weighted by Gasteiger charge is -1.93. The first-order valence-electron chi connectivity index (χ1n) is 3.68. The van der Waals surface area contributed by atoms with Crippen molar-refractivity contribution in [1.29, 1.82) is 5.26 Å². The van der Waals surface area contributed by atoms with Gasteiger partial charge in [-0.1, -0.05) is 42.1 Å². The van der Waals surface area contributed by atoms with E-state index in [1.807, 2.05) is 30.3 Å². The van der Waals surface area contributed by atoms with Crippen molar-refractivity contribution < 1.29 is 0 Å². The number of hydrogen-bond acceptors (Lipinski definition) is 1. The third-order valence-electron chi connectivity index (χ3n) is 1.44. The third kappa shape index (κ3) is 2.90. The van der Waals surface area contributed by atoms with Gasteiger partial charge < -0.3 is 0 Å². The quantitative estimate of drug-likeness (QED) is 0.461. The Labute approximate surface area is 67.9 Å². The zero-order valence-electron chi connectivity index (χ0n) is 6.33. The van der Waals surface area contributed by atoms with Crippen LogP contribution < -0.4 is 5.46 Å². The van der Waals surface area contributed by atoms with Gasteiger partial charge in [0.1, 0.15) is 0 Å². The van der Waals surface area contributed by atoms with Crippen LogP contribution in [-0.4, -0.2) is 7.28 Å². The summed E-state index contributed by atoms with van der Waals surface area (Å²) in [6.07, 6.45) is 1.45. The number of benzene rings is 1. The molecule has 0 fully saturated rings. The molecule has 1 nitrogen and oxygen atoms in total. The second-order valence-electron chi connectivity index (χ2n) is 2.31. The Bertz CT molecular complexity index is 237. The van der Waals surface area contributed by atoms with Crippen molar-refractivity contribution in [2.24, 2.45) is 0 Å². The maximum Gasteiger partial charge on any atom is 0.152 e. The minimum atomic E-state index is 0.606. The third-order valence-corrected chi connectivity index (χ3v) is 1.44. The summed E-state index contributed by atoms with van der Waals surface area (Å²) < 4.78 is 0. The highest BCUT2D eigenvalue weighted by atomic mass is 14.2. The smallest absolute Gasteiger partial charge is 0.152 e. The number of rotatable bonds is 3. The fraction of sp³-hybridized carbons (Fsp3) is 0.222. The van der Waals surface area contributed by atoms with E-state index in [0.717, 1.165) is 6.32 Å². The molecule has 0 aliphatic carbocycles. The summed E-state index contributed by atoms with van der Waals surface area (Å²) in [5, 5.41) is 8.27. The van der Waals surface area contributed by atoms with Crippen LogP contribution in [0.1, 0.15) is 6.42 Å². The second-order valence-corrected chi connectivity index (χ2v) is 2.31. The molecule has 1 rings (SSSR count). The van der Waals surface area contributed by atoms with Crippen LogP contribution in [0.2, 0.25) is 6.32 Å². The van der Waals surface area contributed by atoms with Crippen molar-refractivity contribution in [3.8, 4) is 6.07 Å². The van der Waals surface area contributed by atoms with Gasteiger partial charge in [0.05, 0.1) is 6.07 Å². The zero-order chi connectivity index (χ0) is 7.94. The molecule has 1 radical (unpaired) electrons. The summed E-state index contributed by atoms with van der Waals surface area (Å²) in [5.41, 5.74) is 1.20. The summed E-state index contributed by atoms with van der Waals surface area (Å²) in [4.78, 5) is 0. The van der Waals surface area contributed by atoms with Gasteiger partial charge in [0.15, 0.2) is 7.28 Å². The molecule has 1 aromatic rings. The lowest BCUT2D eigenvalue weighted by atomic mass is 9.67. The van der Waals surface area contributed by atoms with E-state index in [-0.39, 0.29) is 0 Å². The summed E-state index contributed by atoms with van der Waals surface area (Å²) in [7, 11) is 2.07. The molecule has 0 amide bonds. The summed E-state index contributed by atoms with van der Waals surface area (Å²) in [6.45, 7) is 0. The molecule has 0 heterocycles. The highest BCUT2D eigenvalue weighted by Crippen LogP contribution is 1.87. The molecule has 0 spiro atoms. The molecule has 0 aromatic heterocycles. The molecule has 0 saturated heterocycles. The fourth-order valence-electron chi connectivity index (χ4n) is 0.893. The second kappa shape index (κ2) is 4.57. The molecule has 1 aromatic carbocycles. The minimum absolute atomic E-state index is 0.606. The van der Waals surface area contributed by atoms with Crippen LogP contribution in [0.4, 0.5) is 0 Å². The first-order chi connectivity index (χ1) is 5.43. The minimum Gasteiger partial charge on any atom is -0.198 e. The summed E-state index contributed by atoms with van der Waals surface area (Å²) in [5.74, 6) is 0. The first kappa shape index (κ1) is 7.88. The van der Waals surface area contributed by atoms with Gasteiger partial charge in [-0.05, 0) is 0 Å². The molecule has 2 heteroatoms. The molecule has 0 saturated carbocycles. The van der Waals surface area contributed by atoms with E-state index in [9.17, 15) is 0 Å². The Balaban J connectivity index is 2.35. The molecule has 0 N–H and O–H groups in total. The van der Waals surface area contributed by atoms with Gasteiger partial charge in [0.2, 0.25) is 0 Å². The van der Waals surface area contributed by atoms with Crippen LogP contribution in [-0.2, 0) is 0 Å². The first-order valence-corrected chi connectivity index (χ1v) is 3.68. The van der Waals surface area contributed by atoms with Crippen molar-refractivity contribution in [2.45, 2.75) is 12.7 Å². The molecule has 0 atom stereocenters. The predicted molar refractivity (Wildman–Crippen MR) is 46.9 cm³/mol. The van der Waals surface area contributed by atoms with Crippen LogP contribution in [0.25, 0.3) is 0 Å². The maximum absolute atomic E-state index is 8.27. The largest absolute Gasteiger partial charge is 0.198 e. The number of nitriles is 1. The lowest BCUT2D eigenvalue weighted by molar-refractivity contribution is 1.21. The Morgan fingerprint density at radius 3 is 2.64 bits per heavy atom. The predicted octanol–water partition coefficient (Wildman–Crippen LogP) is 1.35. The van der Waals surface area contributed by atoms with Crippen molar-refractivity contribution in [3.63, 3.8) is 0 Å². The van der Waals surface area contributed by atoms with Crippen LogP contribution >= 0.6 is 0 Å². The Morgan fingerprint density at radius 2 is 2.00 bits per heavy atom. The van der Waals surface area contributed by atoms with E-state index >= 15 is 0 Å². The SMILES string of the molecule is N#CCC[B]c1ccccc1. The monoisotopic (exact) mass is 142 g/mol. The van der Waals surface area contributed by atoms with Gasteiger partial charge >= 0.3 is 0 Å². The number of hydrogen-bond donors (Lipinski definition) is 0. The van der Waals surface area contributed by atoms with E-state index < -0.39 is 0 Å². The zero-order valence-corrected chi connectivity index (χ0v) is 6.33. The standard InChI is InChI=1S/C9H9BN/c11-8-4-7-10-9-5-2-1-3-6-9/h1-3,5-6H,4,7H2. The van der Waals surface area contributed by atoms with Gasteiger partial charge in [-0.3, -0.25) is 0 Å². The van der Waals surface area contributed by atoms with Crippen molar-refractivity contribution >= 4 is 12.7 Å². The van der Waals surface area contributed by atoms with Gasteiger partial charge in [0.25, 0.3) is 0 Å². The molecule has 11 heavy (non-hydrogen) atoms. The van der Waals surface area contributed by atoms with Gasteiger partial charge in [0, 0.05) is 6.42 Å². The van der Waals surface area contributed by atoms with E-state index in [1.165, 1.54) is 5.46 Å². The topological polar surface area (TPSA) is 23.8 Å². The molecule has 53 valence electrons. The summed E-state index contributed by atoms with van der Waals surface area (Å²) >= 11 is 0. The average molecular weight is 142 g/mol. The molecule has 0 aliphatic rings. The molecular weight excluding hydrogens is 133 g/mol. The average Bonchev–Trinajstić information content (AvgIpc) is 2.07. The van der Waals surface area contributed by atoms with Gasteiger partial charge in [-0.25, -0.2) is 0 Å². The highest BCUT2D eigenvalue weighted by Gasteiger charge is 1.91. The van der Waals surface area contributed by atoms with Gasteiger partial charge in [-0.2, -0.15) is 5.26 Å². The van der Waals surface area contributed by atoms with E-state index in [0.29, 0.717) is 6.42 Å². The van der Waals surface area contributed by atoms with Gasteiger partial charge in [-0.15, -0.1) is 0 Å². The van der Waals surface area contributed by atoms with E-state index in [2.05, 4.69) is 13.3 Å². The number of nitrogens with zero attached hydrogens (tertiary/aromatic N) is 1. The Morgan fingerprint density at radius 1 is 1.27 bits per heavy atom. The van der Waals surface area contributed by atoms with Crippen LogP contribution in [0.15, 0.2) is 30.3 Å². The Hall–Kier alpha value is -1.23. The van der Waals surface area contributed by atoms with E-state index in [4.69, 9.17) is 5.26 Å². The van der Waals surface area contributed by atoms with Crippen LogP contribution in [0.3, 0.4) is 0 Å². The molecule has 0 aliphatic heterocycles. The van der Waals surface area contributed by atoms with Crippen LogP contribution in [0.5, 0.6) is 0 Å². The van der Waals surface area contributed by atoms with Crippen LogP contribution in [0, 0.1) is 11.3 Å². The maximum atomic E-state index is 8.27. The highest BCUT2D eigenvalue weighted by molar-refractivity contribution is 6.53. The lowest BCUT2D eigenvalue weighted by Crippen LogP contribution is -2.11. The molecule has 0 unspecified atom stereocenters. The van der Waals surface area contributed by atoms with E-state index in [1.54, 1.807) is 0 Å².